The van der Waals surface area contributed by atoms with E-state index in [0.29, 0.717) is 0 Å². The number of unbranched alkanes of at least 4 members (excludes halogenated alkanes) is 6. The van der Waals surface area contributed by atoms with Crippen molar-refractivity contribution in [3.8, 4) is 0 Å². The van der Waals surface area contributed by atoms with E-state index < -0.39 is 0 Å². The second kappa shape index (κ2) is 11.6. The summed E-state index contributed by atoms with van der Waals surface area (Å²) in [7, 11) is 0. The smallest absolute Gasteiger partial charge is 0.282 e. The number of nitrogens with zero attached hydrogens (tertiary/aromatic N) is 3. The Morgan fingerprint density at radius 1 is 0.926 bits per heavy atom. The van der Waals surface area contributed by atoms with Crippen LogP contribution in [0, 0.1) is 0 Å². The molecule has 0 atom stereocenters. The zero-order valence-electron chi connectivity index (χ0n) is 17.3. The van der Waals surface area contributed by atoms with Crippen LogP contribution in [0.15, 0.2) is 47.2 Å². The highest BCUT2D eigenvalue weighted by atomic mass is 16.2. The zero-order valence-corrected chi connectivity index (χ0v) is 17.3. The largest absolute Gasteiger partial charge is 0.377 e. The molecule has 1 amide bonds. The van der Waals surface area contributed by atoms with Crippen molar-refractivity contribution in [2.24, 2.45) is 5.10 Å². The van der Waals surface area contributed by atoms with Crippen LogP contribution in [0.1, 0.15) is 72.1 Å². The molecule has 1 aromatic rings. The zero-order chi connectivity index (χ0) is 19.5. The Morgan fingerprint density at radius 3 is 2.07 bits per heavy atom. The summed E-state index contributed by atoms with van der Waals surface area (Å²) in [6.45, 7) is 8.43. The predicted molar refractivity (Wildman–Crippen MR) is 115 cm³/mol. The molecule has 0 fully saturated rings. The van der Waals surface area contributed by atoms with Crippen LogP contribution in [0.5, 0.6) is 0 Å². The van der Waals surface area contributed by atoms with Crippen molar-refractivity contribution in [3.63, 3.8) is 0 Å². The molecule has 0 aliphatic carbocycles. The highest BCUT2D eigenvalue weighted by molar-refractivity contribution is 6.29. The van der Waals surface area contributed by atoms with Crippen molar-refractivity contribution in [1.82, 2.24) is 4.90 Å². The van der Waals surface area contributed by atoms with Gasteiger partial charge in [0.05, 0.1) is 17.0 Å². The van der Waals surface area contributed by atoms with Crippen LogP contribution >= 0.6 is 0 Å². The highest BCUT2D eigenvalue weighted by Crippen LogP contribution is 2.23. The molecule has 0 bridgehead atoms. The van der Waals surface area contributed by atoms with Gasteiger partial charge in [0.15, 0.2) is 0 Å². The van der Waals surface area contributed by atoms with E-state index in [2.05, 4.69) is 30.0 Å². The maximum absolute atomic E-state index is 12.9. The number of hydrogen-bond donors (Lipinski definition) is 0. The summed E-state index contributed by atoms with van der Waals surface area (Å²) in [5, 5.41) is 6.02. The molecule has 0 N–H and O–H groups in total. The fourth-order valence-electron chi connectivity index (χ4n) is 3.32. The molecule has 1 aliphatic rings. The summed E-state index contributed by atoms with van der Waals surface area (Å²) in [6, 6.07) is 9.66. The van der Waals surface area contributed by atoms with E-state index in [9.17, 15) is 4.79 Å². The number of anilines is 1. The van der Waals surface area contributed by atoms with Crippen molar-refractivity contribution in [2.75, 3.05) is 18.1 Å². The lowest BCUT2D eigenvalue weighted by molar-refractivity contribution is -0.114. The standard InChI is InChI=1S/C23H35N3O/c1-4-6-8-13-17-25(18-14-9-7-5-2)19-22-20(3)24-26(23(22)27)21-15-11-10-12-16-21/h10-12,15-16,19H,4-9,13-14,17-18H2,1-3H3/b22-19-. The van der Waals surface area contributed by atoms with Gasteiger partial charge in [0, 0.05) is 19.3 Å². The third-order valence-electron chi connectivity index (χ3n) is 4.97. The molecular weight excluding hydrogens is 334 g/mol. The van der Waals surface area contributed by atoms with Crippen LogP contribution in [0.2, 0.25) is 0 Å². The van der Waals surface area contributed by atoms with Crippen LogP contribution in [0.4, 0.5) is 5.69 Å². The van der Waals surface area contributed by atoms with Gasteiger partial charge in [-0.1, -0.05) is 70.6 Å². The maximum Gasteiger partial charge on any atom is 0.282 e. The van der Waals surface area contributed by atoms with E-state index in [-0.39, 0.29) is 5.91 Å². The maximum atomic E-state index is 12.9. The Kier molecular flexibility index (Phi) is 9.09. The van der Waals surface area contributed by atoms with Crippen molar-refractivity contribution in [1.29, 1.82) is 0 Å². The summed E-state index contributed by atoms with van der Waals surface area (Å²) in [5.74, 6) is -0.0224. The molecule has 0 saturated carbocycles. The molecule has 0 unspecified atom stereocenters. The first-order chi connectivity index (χ1) is 13.2. The number of para-hydroxylation sites is 1. The number of carbonyl (C=O) groups is 1. The highest BCUT2D eigenvalue weighted by Gasteiger charge is 2.29. The minimum Gasteiger partial charge on any atom is -0.377 e. The summed E-state index contributed by atoms with van der Waals surface area (Å²) >= 11 is 0. The van der Waals surface area contributed by atoms with Crippen LogP contribution in [-0.2, 0) is 4.79 Å². The Hall–Kier alpha value is -2.10. The van der Waals surface area contributed by atoms with Crippen LogP contribution in [0.3, 0.4) is 0 Å². The molecule has 0 aromatic heterocycles. The van der Waals surface area contributed by atoms with E-state index in [0.717, 1.165) is 30.1 Å². The normalized spacial score (nSPS) is 15.5. The quantitative estimate of drug-likeness (QED) is 0.347. The van der Waals surface area contributed by atoms with E-state index in [1.54, 1.807) is 0 Å². The van der Waals surface area contributed by atoms with Gasteiger partial charge in [0.2, 0.25) is 0 Å². The van der Waals surface area contributed by atoms with Crippen molar-refractivity contribution >= 4 is 17.3 Å². The summed E-state index contributed by atoms with van der Waals surface area (Å²) in [4.78, 5) is 15.3. The van der Waals surface area contributed by atoms with Gasteiger partial charge in [0.25, 0.3) is 5.91 Å². The predicted octanol–water partition coefficient (Wildman–Crippen LogP) is 5.76. The number of benzene rings is 1. The van der Waals surface area contributed by atoms with Crippen LogP contribution in [0.25, 0.3) is 0 Å². The first-order valence-corrected chi connectivity index (χ1v) is 10.6. The third kappa shape index (κ3) is 6.53. The molecular formula is C23H35N3O. The Labute approximate surface area is 164 Å². The number of amides is 1. The number of rotatable bonds is 12. The fraction of sp³-hybridized carbons (Fsp3) is 0.565. The second-order valence-electron chi connectivity index (χ2n) is 7.34. The van der Waals surface area contributed by atoms with Gasteiger partial charge in [0.1, 0.15) is 0 Å². The summed E-state index contributed by atoms with van der Waals surface area (Å²) < 4.78 is 0. The van der Waals surface area contributed by atoms with E-state index in [1.807, 2.05) is 37.3 Å². The van der Waals surface area contributed by atoms with Gasteiger partial charge in [-0.25, -0.2) is 0 Å². The van der Waals surface area contributed by atoms with Gasteiger partial charge in [-0.3, -0.25) is 4.79 Å². The molecule has 0 spiro atoms. The van der Waals surface area contributed by atoms with E-state index in [1.165, 1.54) is 56.4 Å². The second-order valence-corrected chi connectivity index (χ2v) is 7.34. The van der Waals surface area contributed by atoms with Gasteiger partial charge >= 0.3 is 0 Å². The number of hydrazone groups is 1. The number of hydrogen-bond acceptors (Lipinski definition) is 3. The Morgan fingerprint density at radius 2 is 1.52 bits per heavy atom. The molecule has 0 saturated heterocycles. The van der Waals surface area contributed by atoms with Gasteiger partial charge in [-0.05, 0) is 31.9 Å². The van der Waals surface area contributed by atoms with Gasteiger partial charge < -0.3 is 4.90 Å². The van der Waals surface area contributed by atoms with E-state index >= 15 is 0 Å². The van der Waals surface area contributed by atoms with Crippen LogP contribution < -0.4 is 5.01 Å². The van der Waals surface area contributed by atoms with Gasteiger partial charge in [-0.15, -0.1) is 0 Å². The SMILES string of the molecule is CCCCCCN(/C=C1\C(=O)N(c2ccccc2)N=C1C)CCCCCC. The monoisotopic (exact) mass is 369 g/mol. The molecule has 0 radical (unpaired) electrons. The Balaban J connectivity index is 2.06. The Bertz CT molecular complexity index is 624. The third-order valence-corrected chi connectivity index (χ3v) is 4.97. The van der Waals surface area contributed by atoms with Gasteiger partial charge in [-0.2, -0.15) is 10.1 Å². The molecule has 4 nitrogen and oxygen atoms in total. The van der Waals surface area contributed by atoms with Crippen molar-refractivity contribution < 1.29 is 4.79 Å². The molecule has 1 aromatic carbocycles. The topological polar surface area (TPSA) is 35.9 Å². The summed E-state index contributed by atoms with van der Waals surface area (Å²) in [5.41, 5.74) is 2.35. The van der Waals surface area contributed by atoms with Crippen molar-refractivity contribution in [2.45, 2.75) is 72.1 Å². The first kappa shape index (κ1) is 21.2. The lowest BCUT2D eigenvalue weighted by atomic mass is 10.1. The molecule has 27 heavy (non-hydrogen) atoms. The minimum absolute atomic E-state index is 0.0224. The summed E-state index contributed by atoms with van der Waals surface area (Å²) in [6.07, 6.45) is 12.0. The van der Waals surface area contributed by atoms with E-state index in [4.69, 9.17) is 0 Å². The molecule has 1 aliphatic heterocycles. The van der Waals surface area contributed by atoms with Crippen LogP contribution in [-0.4, -0.2) is 29.6 Å². The average molecular weight is 370 g/mol. The lowest BCUT2D eigenvalue weighted by Crippen LogP contribution is -2.25. The average Bonchev–Trinajstić information content (AvgIpc) is 2.97. The fourth-order valence-corrected chi connectivity index (χ4v) is 3.32. The molecule has 1 heterocycles. The number of carbonyl (C=O) groups excluding carboxylic acids is 1. The van der Waals surface area contributed by atoms with Crippen molar-refractivity contribution in [3.05, 3.63) is 42.1 Å². The first-order valence-electron chi connectivity index (χ1n) is 10.6. The lowest BCUT2D eigenvalue weighted by Gasteiger charge is -2.21. The molecule has 4 heteroatoms. The molecule has 2 rings (SSSR count). The minimum atomic E-state index is -0.0224. The molecule has 148 valence electrons.